The molecule has 1 fully saturated rings. The number of ether oxygens (including phenoxy) is 2. The zero-order valence-electron chi connectivity index (χ0n) is 15.0. The molecule has 1 aromatic heterocycles. The highest BCUT2D eigenvalue weighted by Gasteiger charge is 2.23. The van der Waals surface area contributed by atoms with Gasteiger partial charge in [0.1, 0.15) is 0 Å². The van der Waals surface area contributed by atoms with E-state index in [2.05, 4.69) is 28.2 Å². The second-order valence-electron chi connectivity index (χ2n) is 6.44. The first kappa shape index (κ1) is 17.8. The number of methoxy groups -OCH3 is 2. The molecule has 0 unspecified atom stereocenters. The summed E-state index contributed by atoms with van der Waals surface area (Å²) in [6.07, 6.45) is 4.07. The van der Waals surface area contributed by atoms with Crippen molar-refractivity contribution in [1.29, 1.82) is 0 Å². The molecule has 1 aliphatic heterocycles. The van der Waals surface area contributed by atoms with Crippen molar-refractivity contribution in [3.05, 3.63) is 41.7 Å². The Morgan fingerprint density at radius 3 is 2.56 bits per heavy atom. The van der Waals surface area contributed by atoms with Gasteiger partial charge in [-0.1, -0.05) is 6.07 Å². The molecule has 136 valence electrons. The maximum absolute atomic E-state index is 9.16. The molecule has 0 atom stereocenters. The van der Waals surface area contributed by atoms with Crippen LogP contribution >= 0.6 is 0 Å². The summed E-state index contributed by atoms with van der Waals surface area (Å²) < 4.78 is 12.6. The van der Waals surface area contributed by atoms with E-state index in [0.717, 1.165) is 44.0 Å². The SMILES string of the molecule is COc1ccc(CN2CCC(c3ccnn3CCO)CC2)cc1OC. The molecule has 0 bridgehead atoms. The van der Waals surface area contributed by atoms with Gasteiger partial charge < -0.3 is 14.6 Å². The van der Waals surface area contributed by atoms with E-state index in [1.807, 2.05) is 16.9 Å². The van der Waals surface area contributed by atoms with Crippen molar-refractivity contribution in [2.24, 2.45) is 0 Å². The van der Waals surface area contributed by atoms with Crippen molar-refractivity contribution in [2.75, 3.05) is 33.9 Å². The molecule has 0 amide bonds. The molecule has 1 N–H and O–H groups in total. The first-order chi connectivity index (χ1) is 12.2. The summed E-state index contributed by atoms with van der Waals surface area (Å²) in [7, 11) is 3.33. The van der Waals surface area contributed by atoms with Crippen LogP contribution in [0, 0.1) is 0 Å². The average molecular weight is 345 g/mol. The van der Waals surface area contributed by atoms with Gasteiger partial charge in [-0.15, -0.1) is 0 Å². The summed E-state index contributed by atoms with van der Waals surface area (Å²) in [6, 6.07) is 8.21. The number of piperidine rings is 1. The molecule has 0 spiro atoms. The average Bonchev–Trinajstić information content (AvgIpc) is 3.11. The summed E-state index contributed by atoms with van der Waals surface area (Å²) in [6.45, 7) is 3.75. The van der Waals surface area contributed by atoms with Crippen LogP contribution in [0.2, 0.25) is 0 Å². The maximum Gasteiger partial charge on any atom is 0.161 e. The lowest BCUT2D eigenvalue weighted by Gasteiger charge is -2.32. The zero-order valence-corrected chi connectivity index (χ0v) is 15.0. The van der Waals surface area contributed by atoms with E-state index in [1.54, 1.807) is 14.2 Å². The summed E-state index contributed by atoms with van der Waals surface area (Å²) >= 11 is 0. The number of rotatable bonds is 7. The largest absolute Gasteiger partial charge is 0.493 e. The maximum atomic E-state index is 9.16. The Kier molecular flexibility index (Phi) is 5.94. The van der Waals surface area contributed by atoms with E-state index in [4.69, 9.17) is 14.6 Å². The van der Waals surface area contributed by atoms with Crippen LogP contribution in [0.25, 0.3) is 0 Å². The van der Waals surface area contributed by atoms with Crippen LogP contribution in [0.5, 0.6) is 11.5 Å². The Morgan fingerprint density at radius 2 is 1.88 bits per heavy atom. The van der Waals surface area contributed by atoms with Crippen LogP contribution in [0.15, 0.2) is 30.5 Å². The lowest BCUT2D eigenvalue weighted by molar-refractivity contribution is 0.198. The number of benzene rings is 1. The molecule has 0 saturated carbocycles. The van der Waals surface area contributed by atoms with Gasteiger partial charge in [-0.2, -0.15) is 5.10 Å². The van der Waals surface area contributed by atoms with E-state index < -0.39 is 0 Å². The highest BCUT2D eigenvalue weighted by molar-refractivity contribution is 5.42. The van der Waals surface area contributed by atoms with Crippen molar-refractivity contribution < 1.29 is 14.6 Å². The summed E-state index contributed by atoms with van der Waals surface area (Å²) in [4.78, 5) is 2.48. The second kappa shape index (κ2) is 8.36. The van der Waals surface area contributed by atoms with Crippen molar-refractivity contribution in [3.8, 4) is 11.5 Å². The van der Waals surface area contributed by atoms with Crippen LogP contribution in [-0.4, -0.2) is 53.7 Å². The van der Waals surface area contributed by atoms with E-state index in [9.17, 15) is 0 Å². The molecule has 25 heavy (non-hydrogen) atoms. The molecule has 3 rings (SSSR count). The number of hydrogen-bond donors (Lipinski definition) is 1. The summed E-state index contributed by atoms with van der Waals surface area (Å²) in [5.74, 6) is 2.07. The summed E-state index contributed by atoms with van der Waals surface area (Å²) in [5, 5.41) is 13.5. The molecule has 1 aliphatic rings. The van der Waals surface area contributed by atoms with Crippen LogP contribution in [0.1, 0.15) is 30.0 Å². The van der Waals surface area contributed by atoms with Gasteiger partial charge in [-0.3, -0.25) is 9.58 Å². The summed E-state index contributed by atoms with van der Waals surface area (Å²) in [5.41, 5.74) is 2.49. The van der Waals surface area contributed by atoms with Gasteiger partial charge in [0.25, 0.3) is 0 Å². The van der Waals surface area contributed by atoms with Crippen LogP contribution in [0.4, 0.5) is 0 Å². The van der Waals surface area contributed by atoms with Gasteiger partial charge in [0.05, 0.1) is 27.4 Å². The highest BCUT2D eigenvalue weighted by atomic mass is 16.5. The van der Waals surface area contributed by atoms with Crippen LogP contribution in [0.3, 0.4) is 0 Å². The molecule has 2 aromatic rings. The van der Waals surface area contributed by atoms with Crippen LogP contribution < -0.4 is 9.47 Å². The molecule has 1 aromatic carbocycles. The first-order valence-corrected chi connectivity index (χ1v) is 8.81. The Balaban J connectivity index is 1.58. The zero-order chi connectivity index (χ0) is 17.6. The smallest absolute Gasteiger partial charge is 0.161 e. The number of nitrogens with zero attached hydrogens (tertiary/aromatic N) is 3. The van der Waals surface area contributed by atoms with Crippen molar-refractivity contribution in [3.63, 3.8) is 0 Å². The Bertz CT molecular complexity index is 678. The quantitative estimate of drug-likeness (QED) is 0.834. The minimum absolute atomic E-state index is 0.132. The molecule has 6 heteroatoms. The standard InChI is InChI=1S/C19H27N3O3/c1-24-18-4-3-15(13-19(18)25-2)14-21-9-6-16(7-10-21)17-5-8-20-22(17)11-12-23/h3-5,8,13,16,23H,6-7,9-12,14H2,1-2H3. The van der Waals surface area contributed by atoms with Crippen molar-refractivity contribution >= 4 is 0 Å². The van der Waals surface area contributed by atoms with Crippen molar-refractivity contribution in [1.82, 2.24) is 14.7 Å². The van der Waals surface area contributed by atoms with Gasteiger partial charge in [0.15, 0.2) is 11.5 Å². The second-order valence-corrected chi connectivity index (χ2v) is 6.44. The topological polar surface area (TPSA) is 59.8 Å². The fraction of sp³-hybridized carbons (Fsp3) is 0.526. The third kappa shape index (κ3) is 4.14. The Morgan fingerprint density at radius 1 is 1.12 bits per heavy atom. The predicted octanol–water partition coefficient (Wildman–Crippen LogP) is 2.27. The number of hydrogen-bond acceptors (Lipinski definition) is 5. The van der Waals surface area contributed by atoms with Gasteiger partial charge >= 0.3 is 0 Å². The predicted molar refractivity (Wildman–Crippen MR) is 96.1 cm³/mol. The molecule has 0 radical (unpaired) electrons. The fourth-order valence-electron chi connectivity index (χ4n) is 3.60. The normalized spacial score (nSPS) is 16.1. The Hall–Kier alpha value is -2.05. The molecule has 0 aliphatic carbocycles. The molecule has 2 heterocycles. The fourth-order valence-corrected chi connectivity index (χ4v) is 3.60. The Labute approximate surface area is 149 Å². The minimum Gasteiger partial charge on any atom is -0.493 e. The van der Waals surface area contributed by atoms with E-state index in [1.165, 1.54) is 11.3 Å². The number of aromatic nitrogens is 2. The van der Waals surface area contributed by atoms with E-state index in [0.29, 0.717) is 12.5 Å². The van der Waals surface area contributed by atoms with E-state index >= 15 is 0 Å². The number of aliphatic hydroxyl groups excluding tert-OH is 1. The third-order valence-corrected chi connectivity index (χ3v) is 4.92. The van der Waals surface area contributed by atoms with Crippen molar-refractivity contribution in [2.45, 2.75) is 31.8 Å². The molecule has 6 nitrogen and oxygen atoms in total. The van der Waals surface area contributed by atoms with Gasteiger partial charge in [0.2, 0.25) is 0 Å². The van der Waals surface area contributed by atoms with Crippen LogP contribution in [-0.2, 0) is 13.1 Å². The number of aliphatic hydroxyl groups is 1. The minimum atomic E-state index is 0.132. The molecular formula is C19H27N3O3. The lowest BCUT2D eigenvalue weighted by Crippen LogP contribution is -2.33. The van der Waals surface area contributed by atoms with Gasteiger partial charge in [0, 0.05) is 24.4 Å². The molecular weight excluding hydrogens is 318 g/mol. The molecule has 1 saturated heterocycles. The monoisotopic (exact) mass is 345 g/mol. The highest BCUT2D eigenvalue weighted by Crippen LogP contribution is 2.31. The van der Waals surface area contributed by atoms with E-state index in [-0.39, 0.29) is 6.61 Å². The van der Waals surface area contributed by atoms with Gasteiger partial charge in [-0.25, -0.2) is 0 Å². The number of likely N-dealkylation sites (tertiary alicyclic amines) is 1. The lowest BCUT2D eigenvalue weighted by atomic mass is 9.93. The first-order valence-electron chi connectivity index (χ1n) is 8.81. The van der Waals surface area contributed by atoms with Gasteiger partial charge in [-0.05, 0) is 49.7 Å². The third-order valence-electron chi connectivity index (χ3n) is 4.92.